The highest BCUT2D eigenvalue weighted by atomic mass is 14.8. The minimum Gasteiger partial charge on any atom is -0.0654 e. The highest BCUT2D eigenvalue weighted by Gasteiger charge is 2.73. The summed E-state index contributed by atoms with van der Waals surface area (Å²) in [5.74, 6) is 11.0. The van der Waals surface area contributed by atoms with Crippen molar-refractivity contribution in [1.29, 1.82) is 0 Å². The van der Waals surface area contributed by atoms with Crippen LogP contribution in [0.1, 0.15) is 118 Å². The van der Waals surface area contributed by atoms with E-state index >= 15 is 0 Å². The second kappa shape index (κ2) is 7.25. The molecule has 0 nitrogen and oxygen atoms in total. The van der Waals surface area contributed by atoms with Gasteiger partial charge in [0.2, 0.25) is 0 Å². The molecule has 0 heterocycles. The van der Waals surface area contributed by atoms with E-state index in [-0.39, 0.29) is 0 Å². The summed E-state index contributed by atoms with van der Waals surface area (Å²) < 4.78 is 0. The summed E-state index contributed by atoms with van der Waals surface area (Å²) in [6.45, 7) is 10.1. The lowest BCUT2D eigenvalue weighted by atomic mass is 9.44. The zero-order chi connectivity index (χ0) is 20.7. The molecule has 6 aliphatic rings. The minimum atomic E-state index is 0.817. The number of fused-ring (bicyclic) bond motifs is 1. The van der Waals surface area contributed by atoms with Crippen molar-refractivity contribution in [1.82, 2.24) is 0 Å². The van der Waals surface area contributed by atoms with Gasteiger partial charge in [0.15, 0.2) is 0 Å². The van der Waals surface area contributed by atoms with Crippen molar-refractivity contribution in [2.75, 3.05) is 0 Å². The maximum atomic E-state index is 2.65. The van der Waals surface area contributed by atoms with Crippen molar-refractivity contribution in [3.05, 3.63) is 0 Å². The largest absolute Gasteiger partial charge is 0.0654 e. The predicted octanol–water partition coefficient (Wildman–Crippen LogP) is 8.74. The summed E-state index contributed by atoms with van der Waals surface area (Å²) in [5.41, 5.74) is 1.65. The zero-order valence-corrected chi connectivity index (χ0v) is 20.7. The first-order chi connectivity index (χ1) is 14.5. The van der Waals surface area contributed by atoms with Gasteiger partial charge in [-0.05, 0) is 121 Å². The van der Waals surface area contributed by atoms with Gasteiger partial charge < -0.3 is 0 Å². The standard InChI is InChI=1S/C30H50/c1-5-10-24-26(22-16-29(17-22)14-21(15-29)19(2)3)18-30-12-9-7-6-8-11-23-20(4)13-25(27(23)30)28(24)30/h19-28H,5-18H2,1-4H3. The quantitative estimate of drug-likeness (QED) is 0.434. The van der Waals surface area contributed by atoms with E-state index in [2.05, 4.69) is 27.7 Å². The van der Waals surface area contributed by atoms with Gasteiger partial charge in [0.1, 0.15) is 0 Å². The van der Waals surface area contributed by atoms with Crippen LogP contribution >= 0.6 is 0 Å². The van der Waals surface area contributed by atoms with Gasteiger partial charge in [-0.25, -0.2) is 0 Å². The fourth-order valence-corrected chi connectivity index (χ4v) is 11.6. The average Bonchev–Trinajstić information content (AvgIpc) is 3.08. The molecule has 6 rings (SSSR count). The lowest BCUT2D eigenvalue weighted by Crippen LogP contribution is -2.55. The van der Waals surface area contributed by atoms with E-state index in [0.717, 1.165) is 70.0 Å². The molecule has 0 amide bonds. The highest BCUT2D eigenvalue weighted by molar-refractivity contribution is 5.21. The number of rotatable bonds is 4. The minimum absolute atomic E-state index is 0.817. The SMILES string of the molecule is CCCC1C(C2CC3(CC(C(C)C)C3)C2)CC23CCCCCCC4C(C)CC(C42)C13. The summed E-state index contributed by atoms with van der Waals surface area (Å²) >= 11 is 0. The van der Waals surface area contributed by atoms with Gasteiger partial charge >= 0.3 is 0 Å². The summed E-state index contributed by atoms with van der Waals surface area (Å²) in [4.78, 5) is 0. The molecule has 0 radical (unpaired) electrons. The molecule has 170 valence electrons. The Labute approximate surface area is 187 Å². The van der Waals surface area contributed by atoms with Crippen LogP contribution < -0.4 is 0 Å². The summed E-state index contributed by atoms with van der Waals surface area (Å²) in [7, 11) is 0. The molecule has 0 N–H and O–H groups in total. The van der Waals surface area contributed by atoms with E-state index in [1.165, 1.54) is 12.8 Å². The lowest BCUT2D eigenvalue weighted by molar-refractivity contribution is -0.126. The molecule has 30 heavy (non-hydrogen) atoms. The summed E-state index contributed by atoms with van der Waals surface area (Å²) in [5, 5.41) is 0. The molecule has 0 aliphatic heterocycles. The summed E-state index contributed by atoms with van der Waals surface area (Å²) in [6, 6.07) is 0. The molecular weight excluding hydrogens is 360 g/mol. The number of hydrogen-bond acceptors (Lipinski definition) is 0. The van der Waals surface area contributed by atoms with Crippen LogP contribution in [0, 0.1) is 70.0 Å². The van der Waals surface area contributed by atoms with Gasteiger partial charge in [0.25, 0.3) is 0 Å². The van der Waals surface area contributed by atoms with Crippen LogP contribution in [0.15, 0.2) is 0 Å². The Balaban J connectivity index is 1.23. The van der Waals surface area contributed by atoms with Crippen molar-refractivity contribution < 1.29 is 0 Å². The van der Waals surface area contributed by atoms with Crippen LogP contribution in [-0.2, 0) is 0 Å². The van der Waals surface area contributed by atoms with Gasteiger partial charge in [0, 0.05) is 0 Å². The molecule has 6 aliphatic carbocycles. The van der Waals surface area contributed by atoms with Crippen LogP contribution in [0.25, 0.3) is 0 Å². The molecular formula is C30H50. The van der Waals surface area contributed by atoms with Crippen LogP contribution in [0.3, 0.4) is 0 Å². The fourth-order valence-electron chi connectivity index (χ4n) is 11.6. The maximum Gasteiger partial charge on any atom is -0.0227 e. The van der Waals surface area contributed by atoms with E-state index < -0.39 is 0 Å². The predicted molar refractivity (Wildman–Crippen MR) is 127 cm³/mol. The molecule has 0 saturated heterocycles. The second-order valence-electron chi connectivity index (χ2n) is 14.2. The van der Waals surface area contributed by atoms with E-state index in [0.29, 0.717) is 0 Å². The molecule has 6 saturated carbocycles. The van der Waals surface area contributed by atoms with E-state index in [4.69, 9.17) is 0 Å². The lowest BCUT2D eigenvalue weighted by Gasteiger charge is -2.61. The monoisotopic (exact) mass is 410 g/mol. The highest BCUT2D eigenvalue weighted by Crippen LogP contribution is 2.79. The van der Waals surface area contributed by atoms with Crippen molar-refractivity contribution in [3.63, 3.8) is 0 Å². The molecule has 0 bridgehead atoms. The molecule has 0 aromatic carbocycles. The van der Waals surface area contributed by atoms with E-state index in [1.807, 2.05) is 0 Å². The third-order valence-electron chi connectivity index (χ3n) is 12.6. The Morgan fingerprint density at radius 3 is 2.33 bits per heavy atom. The normalized spacial score (nSPS) is 56.9. The average molecular weight is 411 g/mol. The third kappa shape index (κ3) is 2.76. The van der Waals surface area contributed by atoms with E-state index in [1.54, 1.807) is 77.0 Å². The van der Waals surface area contributed by atoms with Gasteiger partial charge in [-0.15, -0.1) is 0 Å². The zero-order valence-electron chi connectivity index (χ0n) is 20.7. The first kappa shape index (κ1) is 20.6. The molecule has 0 aromatic heterocycles. The van der Waals surface area contributed by atoms with Gasteiger partial charge in [0.05, 0.1) is 0 Å². The maximum absolute atomic E-state index is 2.65. The molecule has 6 fully saturated rings. The van der Waals surface area contributed by atoms with Crippen LogP contribution in [-0.4, -0.2) is 0 Å². The number of hydrogen-bond donors (Lipinski definition) is 0. The van der Waals surface area contributed by atoms with Crippen LogP contribution in [0.2, 0.25) is 0 Å². The Hall–Kier alpha value is 0. The first-order valence-electron chi connectivity index (χ1n) is 14.5. The Morgan fingerprint density at radius 1 is 0.833 bits per heavy atom. The smallest absolute Gasteiger partial charge is 0.0227 e. The molecule has 0 heteroatoms. The van der Waals surface area contributed by atoms with E-state index in [9.17, 15) is 0 Å². The third-order valence-corrected chi connectivity index (χ3v) is 12.6. The molecule has 2 spiro atoms. The van der Waals surface area contributed by atoms with Gasteiger partial charge in [-0.1, -0.05) is 66.2 Å². The van der Waals surface area contributed by atoms with Crippen LogP contribution in [0.5, 0.6) is 0 Å². The van der Waals surface area contributed by atoms with Crippen molar-refractivity contribution in [2.45, 2.75) is 118 Å². The van der Waals surface area contributed by atoms with Gasteiger partial charge in [-0.3, -0.25) is 0 Å². The van der Waals surface area contributed by atoms with Crippen molar-refractivity contribution >= 4 is 0 Å². The molecule has 0 aromatic rings. The molecule has 8 unspecified atom stereocenters. The van der Waals surface area contributed by atoms with Crippen molar-refractivity contribution in [2.24, 2.45) is 70.0 Å². The fraction of sp³-hybridized carbons (Fsp3) is 1.00. The second-order valence-corrected chi connectivity index (χ2v) is 14.2. The Kier molecular flexibility index (Phi) is 4.98. The topological polar surface area (TPSA) is 0 Å². The Bertz CT molecular complexity index is 632. The van der Waals surface area contributed by atoms with Crippen molar-refractivity contribution in [3.8, 4) is 0 Å². The summed E-state index contributed by atoms with van der Waals surface area (Å²) in [6.07, 6.45) is 22.2. The van der Waals surface area contributed by atoms with Gasteiger partial charge in [-0.2, -0.15) is 0 Å². The first-order valence-corrected chi connectivity index (χ1v) is 14.5. The molecule has 8 atom stereocenters. The van der Waals surface area contributed by atoms with Crippen LogP contribution in [0.4, 0.5) is 0 Å². The Morgan fingerprint density at radius 2 is 1.60 bits per heavy atom.